The average Bonchev–Trinajstić information content (AvgIpc) is 2.67. The lowest BCUT2D eigenvalue weighted by atomic mass is 10.0. The Balaban J connectivity index is 1.90. The number of methoxy groups -OCH3 is 1. The number of nitrogens with one attached hydrogen (secondary N) is 1. The molecule has 1 amide bonds. The number of benzene rings is 2. The van der Waals surface area contributed by atoms with Crippen molar-refractivity contribution in [2.24, 2.45) is 0 Å². The fourth-order valence-electron chi connectivity index (χ4n) is 3.23. The van der Waals surface area contributed by atoms with Crippen LogP contribution in [0.5, 0.6) is 5.75 Å². The summed E-state index contributed by atoms with van der Waals surface area (Å²) in [5, 5.41) is 3.00. The minimum absolute atomic E-state index is 0.0902. The van der Waals surface area contributed by atoms with Gasteiger partial charge in [-0.15, -0.1) is 0 Å². The highest BCUT2D eigenvalue weighted by Gasteiger charge is 2.27. The smallest absolute Gasteiger partial charge is 0.249 e. The molecular weight excluding hydrogens is 338 g/mol. The van der Waals surface area contributed by atoms with Crippen LogP contribution in [0.15, 0.2) is 42.5 Å². The second-order valence-electron chi connectivity index (χ2n) is 6.35. The number of anilines is 1. The van der Waals surface area contributed by atoms with Gasteiger partial charge in [0.25, 0.3) is 0 Å². The Kier molecular flexibility index (Phi) is 5.71. The number of likely N-dealkylation sites (tertiary alicyclic amines) is 1. The third-order valence-electron chi connectivity index (χ3n) is 4.56. The van der Waals surface area contributed by atoms with E-state index in [1.54, 1.807) is 0 Å². The van der Waals surface area contributed by atoms with E-state index in [9.17, 15) is 13.6 Å². The number of rotatable bonds is 5. The van der Waals surface area contributed by atoms with Crippen LogP contribution >= 0.6 is 0 Å². The van der Waals surface area contributed by atoms with Crippen LogP contribution in [-0.4, -0.2) is 31.0 Å². The van der Waals surface area contributed by atoms with E-state index in [0.717, 1.165) is 37.0 Å². The molecule has 1 aliphatic heterocycles. The number of hydrogen-bond donors (Lipinski definition) is 1. The highest BCUT2D eigenvalue weighted by Crippen LogP contribution is 2.29. The fraction of sp³-hybridized carbons (Fsp3) is 0.350. The van der Waals surface area contributed by atoms with Crippen molar-refractivity contribution in [1.29, 1.82) is 0 Å². The SMILES string of the molecule is COc1c(F)cc(NC(C(=O)N2CCCCC2)c2ccccc2)cc1F. The maximum atomic E-state index is 14.0. The van der Waals surface area contributed by atoms with Crippen LogP contribution in [0, 0.1) is 11.6 Å². The zero-order valence-corrected chi connectivity index (χ0v) is 14.7. The predicted molar refractivity (Wildman–Crippen MR) is 96.1 cm³/mol. The van der Waals surface area contributed by atoms with Gasteiger partial charge < -0.3 is 15.0 Å². The van der Waals surface area contributed by atoms with Crippen molar-refractivity contribution in [1.82, 2.24) is 4.90 Å². The van der Waals surface area contributed by atoms with Crippen molar-refractivity contribution < 1.29 is 18.3 Å². The minimum atomic E-state index is -0.813. The van der Waals surface area contributed by atoms with Gasteiger partial charge in [-0.25, -0.2) is 8.78 Å². The summed E-state index contributed by atoms with van der Waals surface area (Å²) in [6.07, 6.45) is 3.06. The minimum Gasteiger partial charge on any atom is -0.491 e. The van der Waals surface area contributed by atoms with Crippen LogP contribution in [-0.2, 0) is 4.79 Å². The average molecular weight is 360 g/mol. The predicted octanol–water partition coefficient (Wildman–Crippen LogP) is 4.14. The Hall–Kier alpha value is -2.63. The van der Waals surface area contributed by atoms with Crippen molar-refractivity contribution in [2.45, 2.75) is 25.3 Å². The number of carbonyl (C=O) groups excluding carboxylic acids is 1. The van der Waals surface area contributed by atoms with E-state index in [2.05, 4.69) is 5.32 Å². The molecule has 3 rings (SSSR count). The number of amides is 1. The van der Waals surface area contributed by atoms with Crippen molar-refractivity contribution in [2.75, 3.05) is 25.5 Å². The van der Waals surface area contributed by atoms with Crippen LogP contribution in [0.4, 0.5) is 14.5 Å². The van der Waals surface area contributed by atoms with Crippen LogP contribution in [0.25, 0.3) is 0 Å². The lowest BCUT2D eigenvalue weighted by molar-refractivity contribution is -0.133. The van der Waals surface area contributed by atoms with E-state index in [-0.39, 0.29) is 11.6 Å². The van der Waals surface area contributed by atoms with Crippen LogP contribution in [0.2, 0.25) is 0 Å². The zero-order chi connectivity index (χ0) is 18.5. The summed E-state index contributed by atoms with van der Waals surface area (Å²) in [6, 6.07) is 10.8. The topological polar surface area (TPSA) is 41.6 Å². The molecule has 0 aliphatic carbocycles. The fourth-order valence-corrected chi connectivity index (χ4v) is 3.23. The molecule has 0 aromatic heterocycles. The van der Waals surface area contributed by atoms with Gasteiger partial charge in [-0.3, -0.25) is 4.79 Å². The molecule has 6 heteroatoms. The molecular formula is C20H22F2N2O2. The highest BCUT2D eigenvalue weighted by atomic mass is 19.1. The largest absolute Gasteiger partial charge is 0.491 e. The summed E-state index contributed by atoms with van der Waals surface area (Å²) in [5.41, 5.74) is 0.944. The highest BCUT2D eigenvalue weighted by molar-refractivity contribution is 5.86. The van der Waals surface area contributed by atoms with Gasteiger partial charge >= 0.3 is 0 Å². The first-order valence-electron chi connectivity index (χ1n) is 8.73. The van der Waals surface area contributed by atoms with Gasteiger partial charge in [0.05, 0.1) is 7.11 Å². The van der Waals surface area contributed by atoms with Crippen LogP contribution < -0.4 is 10.1 Å². The number of nitrogens with zero attached hydrogens (tertiary/aromatic N) is 1. The Bertz CT molecular complexity index is 739. The summed E-state index contributed by atoms with van der Waals surface area (Å²) in [5.74, 6) is -2.15. The molecule has 1 unspecified atom stereocenters. The summed E-state index contributed by atoms with van der Waals surface area (Å²) in [4.78, 5) is 14.9. The lowest BCUT2D eigenvalue weighted by Gasteiger charge is -2.31. The molecule has 2 aromatic carbocycles. The van der Waals surface area contributed by atoms with E-state index < -0.39 is 23.4 Å². The monoisotopic (exact) mass is 360 g/mol. The summed E-state index contributed by atoms with van der Waals surface area (Å²) < 4.78 is 32.7. The first-order chi connectivity index (χ1) is 12.6. The Morgan fingerprint density at radius 1 is 1.08 bits per heavy atom. The number of halogens is 2. The standard InChI is InChI=1S/C20H22F2N2O2/c1-26-19-16(21)12-15(13-17(19)22)23-18(14-8-4-2-5-9-14)20(25)24-10-6-3-7-11-24/h2,4-5,8-9,12-13,18,23H,3,6-7,10-11H2,1H3. The Labute approximate surface area is 151 Å². The summed E-state index contributed by atoms with van der Waals surface area (Å²) in [7, 11) is 1.21. The van der Waals surface area contributed by atoms with Gasteiger partial charge in [0.1, 0.15) is 6.04 Å². The molecule has 1 fully saturated rings. The quantitative estimate of drug-likeness (QED) is 0.871. The van der Waals surface area contributed by atoms with Gasteiger partial charge in [-0.05, 0) is 24.8 Å². The summed E-state index contributed by atoms with van der Waals surface area (Å²) >= 11 is 0. The molecule has 4 nitrogen and oxygen atoms in total. The van der Waals surface area contributed by atoms with E-state index in [1.807, 2.05) is 35.2 Å². The molecule has 138 valence electrons. The molecule has 1 heterocycles. The zero-order valence-electron chi connectivity index (χ0n) is 14.7. The first kappa shape index (κ1) is 18.2. The molecule has 2 aromatic rings. The van der Waals surface area contributed by atoms with Crippen molar-refractivity contribution in [3.63, 3.8) is 0 Å². The third kappa shape index (κ3) is 3.95. The van der Waals surface area contributed by atoms with Gasteiger partial charge in [0.15, 0.2) is 17.4 Å². The summed E-state index contributed by atoms with van der Waals surface area (Å²) in [6.45, 7) is 1.41. The molecule has 0 bridgehead atoms. The molecule has 1 N–H and O–H groups in total. The molecule has 1 aliphatic rings. The van der Waals surface area contributed by atoms with Gasteiger partial charge in [-0.2, -0.15) is 0 Å². The van der Waals surface area contributed by atoms with Gasteiger partial charge in [-0.1, -0.05) is 30.3 Å². The number of hydrogen-bond acceptors (Lipinski definition) is 3. The van der Waals surface area contributed by atoms with Crippen LogP contribution in [0.1, 0.15) is 30.9 Å². The van der Waals surface area contributed by atoms with E-state index in [4.69, 9.17) is 4.74 Å². The van der Waals surface area contributed by atoms with Crippen molar-refractivity contribution in [3.8, 4) is 5.75 Å². The molecule has 26 heavy (non-hydrogen) atoms. The van der Waals surface area contributed by atoms with E-state index >= 15 is 0 Å². The van der Waals surface area contributed by atoms with Crippen LogP contribution in [0.3, 0.4) is 0 Å². The molecule has 0 spiro atoms. The Morgan fingerprint density at radius 3 is 2.27 bits per heavy atom. The maximum absolute atomic E-state index is 14.0. The van der Waals surface area contributed by atoms with Gasteiger partial charge in [0.2, 0.25) is 5.91 Å². The number of piperidine rings is 1. The number of carbonyl (C=O) groups is 1. The molecule has 0 saturated carbocycles. The van der Waals surface area contributed by atoms with Crippen molar-refractivity contribution in [3.05, 3.63) is 59.7 Å². The third-order valence-corrected chi connectivity index (χ3v) is 4.56. The normalized spacial score (nSPS) is 15.4. The van der Waals surface area contributed by atoms with Crippen molar-refractivity contribution >= 4 is 11.6 Å². The van der Waals surface area contributed by atoms with Gasteiger partial charge in [0, 0.05) is 30.9 Å². The number of ether oxygens (including phenoxy) is 1. The second-order valence-corrected chi connectivity index (χ2v) is 6.35. The molecule has 1 atom stereocenters. The maximum Gasteiger partial charge on any atom is 0.249 e. The lowest BCUT2D eigenvalue weighted by Crippen LogP contribution is -2.41. The molecule has 1 saturated heterocycles. The second kappa shape index (κ2) is 8.17. The Morgan fingerprint density at radius 2 is 1.69 bits per heavy atom. The molecule has 0 radical (unpaired) electrons. The first-order valence-corrected chi connectivity index (χ1v) is 8.73. The van der Waals surface area contributed by atoms with E-state index in [1.165, 1.54) is 7.11 Å². The van der Waals surface area contributed by atoms with E-state index in [0.29, 0.717) is 13.1 Å².